The van der Waals surface area contributed by atoms with Crippen LogP contribution in [0.5, 0.6) is 0 Å². The first-order valence-corrected chi connectivity index (χ1v) is 9.77. The van der Waals surface area contributed by atoms with Crippen molar-refractivity contribution < 1.29 is 9.59 Å². The maximum Gasteiger partial charge on any atom is 0.243 e. The Morgan fingerprint density at radius 3 is 2.72 bits per heavy atom. The fourth-order valence-electron chi connectivity index (χ4n) is 4.83. The van der Waals surface area contributed by atoms with Crippen molar-refractivity contribution in [2.45, 2.75) is 69.9 Å². The largest absolute Gasteiger partial charge is 0.347 e. The maximum atomic E-state index is 12.9. The van der Waals surface area contributed by atoms with Crippen LogP contribution >= 0.6 is 0 Å². The van der Waals surface area contributed by atoms with Gasteiger partial charge in [0, 0.05) is 30.8 Å². The van der Waals surface area contributed by atoms with Crippen LogP contribution in [0.1, 0.15) is 68.7 Å². The van der Waals surface area contributed by atoms with E-state index >= 15 is 0 Å². The lowest BCUT2D eigenvalue weighted by atomic mass is 9.92. The Labute approximate surface area is 148 Å². The third-order valence-corrected chi connectivity index (χ3v) is 6.24. The third-order valence-electron chi connectivity index (χ3n) is 6.24. The van der Waals surface area contributed by atoms with Gasteiger partial charge in [0.1, 0.15) is 6.04 Å². The molecule has 2 unspecified atom stereocenters. The molecule has 1 saturated heterocycles. The summed E-state index contributed by atoms with van der Waals surface area (Å²) >= 11 is 0. The van der Waals surface area contributed by atoms with Crippen LogP contribution in [-0.4, -0.2) is 39.1 Å². The molecule has 2 aliphatic carbocycles. The van der Waals surface area contributed by atoms with Crippen LogP contribution in [0.3, 0.4) is 0 Å². The lowest BCUT2D eigenvalue weighted by Crippen LogP contribution is -2.48. The lowest BCUT2D eigenvalue weighted by molar-refractivity contribution is -0.141. The smallest absolute Gasteiger partial charge is 0.243 e. The summed E-state index contributed by atoms with van der Waals surface area (Å²) in [5.74, 6) is 0.374. The van der Waals surface area contributed by atoms with Crippen LogP contribution in [0, 0.1) is 5.92 Å². The summed E-state index contributed by atoms with van der Waals surface area (Å²) in [4.78, 5) is 27.6. The molecule has 3 aliphatic rings. The zero-order chi connectivity index (χ0) is 17.4. The highest BCUT2D eigenvalue weighted by Gasteiger charge is 2.38. The van der Waals surface area contributed by atoms with Gasteiger partial charge in [-0.05, 0) is 44.9 Å². The van der Waals surface area contributed by atoms with Gasteiger partial charge in [0.25, 0.3) is 0 Å². The number of fused-ring (bicyclic) bond motifs is 1. The van der Waals surface area contributed by atoms with Gasteiger partial charge in [0.05, 0.1) is 12.2 Å². The molecular formula is C19H28N4O2. The van der Waals surface area contributed by atoms with E-state index in [4.69, 9.17) is 0 Å². The number of nitrogens with zero attached hydrogens (tertiary/aromatic N) is 3. The molecule has 0 spiro atoms. The van der Waals surface area contributed by atoms with E-state index in [-0.39, 0.29) is 29.8 Å². The number of aryl methyl sites for hydroxylation is 1. The van der Waals surface area contributed by atoms with Crippen LogP contribution in [0.15, 0.2) is 6.20 Å². The van der Waals surface area contributed by atoms with Gasteiger partial charge in [-0.2, -0.15) is 5.10 Å². The number of hydrogen-bond acceptors (Lipinski definition) is 3. The fourth-order valence-corrected chi connectivity index (χ4v) is 4.83. The molecule has 25 heavy (non-hydrogen) atoms. The molecule has 1 aromatic heterocycles. The number of carbonyl (C=O) groups is 2. The first-order valence-electron chi connectivity index (χ1n) is 9.77. The van der Waals surface area contributed by atoms with Gasteiger partial charge in [-0.3, -0.25) is 14.3 Å². The van der Waals surface area contributed by atoms with Gasteiger partial charge in [-0.15, -0.1) is 0 Å². The standard InChI is InChI=1S/C19H28N4O2/c1-22-16-9-4-8-15(14(16)12-20-22)21-18(24)17-10-5-11-23(17)19(25)13-6-2-3-7-13/h12-13,15,17H,2-11H2,1H3,(H,21,24). The minimum atomic E-state index is -0.282. The monoisotopic (exact) mass is 344 g/mol. The van der Waals surface area contributed by atoms with Crippen molar-refractivity contribution in [3.8, 4) is 0 Å². The summed E-state index contributed by atoms with van der Waals surface area (Å²) in [6, 6.07) is -0.246. The Balaban J connectivity index is 1.44. The summed E-state index contributed by atoms with van der Waals surface area (Å²) in [7, 11) is 1.96. The van der Waals surface area contributed by atoms with Crippen LogP contribution in [0.4, 0.5) is 0 Å². The first kappa shape index (κ1) is 16.6. The number of likely N-dealkylation sites (tertiary alicyclic amines) is 1. The van der Waals surface area contributed by atoms with Crippen molar-refractivity contribution in [3.05, 3.63) is 17.5 Å². The zero-order valence-electron chi connectivity index (χ0n) is 15.0. The maximum absolute atomic E-state index is 12.9. The predicted molar refractivity (Wildman–Crippen MR) is 93.7 cm³/mol. The Morgan fingerprint density at radius 1 is 1.12 bits per heavy atom. The van der Waals surface area contributed by atoms with Gasteiger partial charge in [-0.25, -0.2) is 0 Å². The van der Waals surface area contributed by atoms with E-state index < -0.39 is 0 Å². The van der Waals surface area contributed by atoms with E-state index in [2.05, 4.69) is 10.4 Å². The Morgan fingerprint density at radius 2 is 1.92 bits per heavy atom. The van der Waals surface area contributed by atoms with Crippen molar-refractivity contribution in [2.75, 3.05) is 6.54 Å². The van der Waals surface area contributed by atoms with Gasteiger partial charge in [-0.1, -0.05) is 12.8 Å². The number of aromatic nitrogens is 2. The summed E-state index contributed by atoms with van der Waals surface area (Å²) in [5, 5.41) is 7.57. The van der Waals surface area contributed by atoms with Gasteiger partial charge in [0.15, 0.2) is 0 Å². The van der Waals surface area contributed by atoms with Crippen molar-refractivity contribution in [1.82, 2.24) is 20.0 Å². The minimum Gasteiger partial charge on any atom is -0.347 e. The van der Waals surface area contributed by atoms with Crippen molar-refractivity contribution in [2.24, 2.45) is 13.0 Å². The van der Waals surface area contributed by atoms with E-state index in [9.17, 15) is 9.59 Å². The topological polar surface area (TPSA) is 67.2 Å². The van der Waals surface area contributed by atoms with Gasteiger partial charge < -0.3 is 10.2 Å². The second kappa shape index (κ2) is 6.81. The molecule has 136 valence electrons. The Kier molecular flexibility index (Phi) is 4.52. The quantitative estimate of drug-likeness (QED) is 0.913. The van der Waals surface area contributed by atoms with Crippen LogP contribution in [-0.2, 0) is 23.1 Å². The summed E-state index contributed by atoms with van der Waals surface area (Å²) < 4.78 is 1.92. The summed E-state index contributed by atoms with van der Waals surface area (Å²) in [6.07, 6.45) is 10.9. The van der Waals surface area contributed by atoms with E-state index in [1.54, 1.807) is 0 Å². The van der Waals surface area contributed by atoms with Crippen LogP contribution in [0.2, 0.25) is 0 Å². The highest BCUT2D eigenvalue weighted by molar-refractivity contribution is 5.89. The van der Waals surface area contributed by atoms with Crippen molar-refractivity contribution in [1.29, 1.82) is 0 Å². The predicted octanol–water partition coefficient (Wildman–Crippen LogP) is 2.09. The average Bonchev–Trinajstić information content (AvgIpc) is 3.36. The normalized spacial score (nSPS) is 26.7. The Bertz CT molecular complexity index is 662. The second-order valence-electron chi connectivity index (χ2n) is 7.79. The molecule has 6 heteroatoms. The molecular weight excluding hydrogens is 316 g/mol. The molecule has 1 saturated carbocycles. The molecule has 2 fully saturated rings. The Hall–Kier alpha value is -1.85. The zero-order valence-corrected chi connectivity index (χ0v) is 15.0. The molecule has 2 amide bonds. The van der Waals surface area contributed by atoms with Gasteiger partial charge in [0.2, 0.25) is 11.8 Å². The molecule has 2 heterocycles. The molecule has 1 aromatic rings. The number of carbonyl (C=O) groups excluding carboxylic acids is 2. The van der Waals surface area contributed by atoms with E-state index in [1.807, 2.05) is 22.8 Å². The molecule has 1 N–H and O–H groups in total. The molecule has 0 bridgehead atoms. The highest BCUT2D eigenvalue weighted by atomic mass is 16.2. The minimum absolute atomic E-state index is 0.0190. The summed E-state index contributed by atoms with van der Waals surface area (Å²) in [5.41, 5.74) is 2.37. The second-order valence-corrected chi connectivity index (χ2v) is 7.79. The molecule has 1 aliphatic heterocycles. The average molecular weight is 344 g/mol. The fraction of sp³-hybridized carbons (Fsp3) is 0.737. The SMILES string of the molecule is Cn1ncc2c1CCCC2NC(=O)C1CCCN1C(=O)C1CCCC1. The van der Waals surface area contributed by atoms with E-state index in [0.717, 1.165) is 69.9 Å². The lowest BCUT2D eigenvalue weighted by Gasteiger charge is -2.29. The number of nitrogens with one attached hydrogen (secondary N) is 1. The summed E-state index contributed by atoms with van der Waals surface area (Å²) in [6.45, 7) is 0.732. The van der Waals surface area contributed by atoms with Crippen molar-refractivity contribution in [3.63, 3.8) is 0 Å². The van der Waals surface area contributed by atoms with Crippen LogP contribution in [0.25, 0.3) is 0 Å². The van der Waals surface area contributed by atoms with E-state index in [0.29, 0.717) is 0 Å². The van der Waals surface area contributed by atoms with Crippen LogP contribution < -0.4 is 5.32 Å². The highest BCUT2D eigenvalue weighted by Crippen LogP contribution is 2.32. The molecule has 6 nitrogen and oxygen atoms in total. The number of rotatable bonds is 3. The third kappa shape index (κ3) is 3.07. The molecule has 2 atom stereocenters. The first-order chi connectivity index (χ1) is 12.1. The van der Waals surface area contributed by atoms with E-state index in [1.165, 1.54) is 5.69 Å². The molecule has 0 radical (unpaired) electrons. The number of hydrogen-bond donors (Lipinski definition) is 1. The number of amides is 2. The molecule has 0 aromatic carbocycles. The molecule has 4 rings (SSSR count). The van der Waals surface area contributed by atoms with Crippen molar-refractivity contribution >= 4 is 11.8 Å². The van der Waals surface area contributed by atoms with Gasteiger partial charge >= 0.3 is 0 Å².